The Labute approximate surface area is 288 Å². The van der Waals surface area contributed by atoms with Crippen LogP contribution in [-0.4, -0.2) is 29.1 Å². The Kier molecular flexibility index (Phi) is 6.42. The Balaban J connectivity index is 1.30. The molecule has 0 atom stereocenters. The lowest BCUT2D eigenvalue weighted by molar-refractivity contribution is 1.08. The van der Waals surface area contributed by atoms with Crippen LogP contribution in [0, 0.1) is 0 Å². The van der Waals surface area contributed by atoms with Gasteiger partial charge in [-0.25, -0.2) is 19.9 Å². The fraction of sp³-hybridized carbons (Fsp3) is 0.0233. The van der Waals surface area contributed by atoms with Gasteiger partial charge in [0.25, 0.3) is 0 Å². The third kappa shape index (κ3) is 4.52. The Hall–Kier alpha value is -6.86. The molecule has 9 aromatic rings. The first-order valence-electron chi connectivity index (χ1n) is 16.7. The number of para-hydroxylation sites is 4. The molecule has 0 amide bonds. The van der Waals surface area contributed by atoms with Crippen LogP contribution in [0.15, 0.2) is 164 Å². The molecule has 1 aliphatic rings. The average Bonchev–Trinajstić information content (AvgIpc) is 3.77. The van der Waals surface area contributed by atoms with Gasteiger partial charge in [-0.2, -0.15) is 0 Å². The molecule has 10 rings (SSSR count). The number of benzene rings is 5. The lowest BCUT2D eigenvalue weighted by atomic mass is 9.94. The second-order valence-electron chi connectivity index (χ2n) is 12.4. The highest BCUT2D eigenvalue weighted by Gasteiger charge is 2.27. The molecule has 0 spiro atoms. The summed E-state index contributed by atoms with van der Waals surface area (Å²) in [5, 5.41) is 0. The van der Waals surface area contributed by atoms with E-state index in [9.17, 15) is 0 Å². The molecule has 0 fully saturated rings. The molecule has 0 saturated carbocycles. The number of imidazole rings is 2. The van der Waals surface area contributed by atoms with Crippen molar-refractivity contribution in [3.8, 4) is 34.2 Å². The quantitative estimate of drug-likeness (QED) is 0.187. The van der Waals surface area contributed by atoms with Crippen molar-refractivity contribution in [1.29, 1.82) is 0 Å². The van der Waals surface area contributed by atoms with E-state index in [-0.39, 0.29) is 0 Å². The number of anilines is 3. The summed E-state index contributed by atoms with van der Waals surface area (Å²) in [6, 6.07) is 52.9. The highest BCUT2D eigenvalue weighted by molar-refractivity contribution is 5.90. The van der Waals surface area contributed by atoms with Crippen LogP contribution >= 0.6 is 0 Å². The summed E-state index contributed by atoms with van der Waals surface area (Å²) in [6.45, 7) is 0. The molecule has 0 bridgehead atoms. The number of fused-ring (bicyclic) bond motifs is 4. The standard InChI is InChI=1S/C43H29N7/c1-3-15-33(16-4-1)49-38-21-11-23-44-40(38)46-42(49)31-26-32(43-47-41-39(22-12-24-45-41)50(43)34-17-5-2-6-18-34)28-35(27-31)48-36-19-9-7-13-29(36)25-30-14-8-10-20-37(30)48/h1-24,26-28H,25H2. The molecule has 5 aromatic carbocycles. The van der Waals surface area contributed by atoms with Crippen LogP contribution in [0.5, 0.6) is 0 Å². The maximum absolute atomic E-state index is 5.19. The topological polar surface area (TPSA) is 64.7 Å². The number of nitrogens with zero attached hydrogens (tertiary/aromatic N) is 7. The van der Waals surface area contributed by atoms with E-state index in [4.69, 9.17) is 9.97 Å². The summed E-state index contributed by atoms with van der Waals surface area (Å²) in [7, 11) is 0. The largest absolute Gasteiger partial charge is 0.310 e. The normalized spacial score (nSPS) is 12.3. The summed E-state index contributed by atoms with van der Waals surface area (Å²) in [5.74, 6) is 1.60. The molecule has 50 heavy (non-hydrogen) atoms. The molecular weight excluding hydrogens is 615 g/mol. The van der Waals surface area contributed by atoms with Gasteiger partial charge >= 0.3 is 0 Å². The molecule has 0 radical (unpaired) electrons. The van der Waals surface area contributed by atoms with Crippen LogP contribution in [0.2, 0.25) is 0 Å². The van der Waals surface area contributed by atoms with E-state index in [2.05, 4.69) is 151 Å². The van der Waals surface area contributed by atoms with E-state index >= 15 is 0 Å². The van der Waals surface area contributed by atoms with Crippen LogP contribution in [-0.2, 0) is 6.42 Å². The highest BCUT2D eigenvalue weighted by Crippen LogP contribution is 2.46. The fourth-order valence-electron chi connectivity index (χ4n) is 7.26. The fourth-order valence-corrected chi connectivity index (χ4v) is 7.26. The third-order valence-corrected chi connectivity index (χ3v) is 9.43. The summed E-state index contributed by atoms with van der Waals surface area (Å²) in [5.41, 5.74) is 13.1. The maximum atomic E-state index is 5.19. The molecule has 0 aliphatic carbocycles. The van der Waals surface area contributed by atoms with E-state index in [0.717, 1.165) is 68.7 Å². The van der Waals surface area contributed by atoms with Crippen LogP contribution in [0.25, 0.3) is 56.5 Å². The minimum absolute atomic E-state index is 0.688. The van der Waals surface area contributed by atoms with Crippen molar-refractivity contribution in [2.75, 3.05) is 4.90 Å². The SMILES string of the molecule is c1ccc(-n2c(-c3cc(-c4nc5ncccc5n4-c4ccccc4)cc(N4c5ccccc5Cc5ccccc54)c3)nc3ncccc32)cc1. The monoisotopic (exact) mass is 643 g/mol. The smallest absolute Gasteiger partial charge is 0.178 e. The van der Waals surface area contributed by atoms with Gasteiger partial charge in [-0.15, -0.1) is 0 Å². The van der Waals surface area contributed by atoms with E-state index in [0.29, 0.717) is 11.3 Å². The van der Waals surface area contributed by atoms with Gasteiger partial charge < -0.3 is 4.90 Å². The lowest BCUT2D eigenvalue weighted by Gasteiger charge is -2.34. The zero-order valence-corrected chi connectivity index (χ0v) is 26.9. The second kappa shape index (κ2) is 11.4. The van der Waals surface area contributed by atoms with E-state index in [1.54, 1.807) is 12.4 Å². The van der Waals surface area contributed by atoms with Crippen molar-refractivity contribution in [1.82, 2.24) is 29.1 Å². The molecule has 236 valence electrons. The summed E-state index contributed by atoms with van der Waals surface area (Å²) in [4.78, 5) is 22.1. The van der Waals surface area contributed by atoms with Gasteiger partial charge in [-0.3, -0.25) is 9.13 Å². The Morgan fingerprint density at radius 1 is 0.420 bits per heavy atom. The first-order chi connectivity index (χ1) is 24.8. The van der Waals surface area contributed by atoms with Gasteiger partial charge in [0.05, 0.1) is 11.0 Å². The van der Waals surface area contributed by atoms with Crippen molar-refractivity contribution >= 4 is 39.4 Å². The van der Waals surface area contributed by atoms with Gasteiger partial charge in [0.1, 0.15) is 11.6 Å². The molecule has 7 heteroatoms. The first kappa shape index (κ1) is 28.2. The van der Waals surface area contributed by atoms with Crippen LogP contribution in [0.3, 0.4) is 0 Å². The van der Waals surface area contributed by atoms with Crippen molar-refractivity contribution in [3.63, 3.8) is 0 Å². The predicted octanol–water partition coefficient (Wildman–Crippen LogP) is 9.86. The minimum Gasteiger partial charge on any atom is -0.310 e. The predicted molar refractivity (Wildman–Crippen MR) is 200 cm³/mol. The summed E-state index contributed by atoms with van der Waals surface area (Å²) in [6.07, 6.45) is 4.47. The zero-order valence-electron chi connectivity index (χ0n) is 26.9. The molecule has 0 saturated heterocycles. The first-order valence-corrected chi connectivity index (χ1v) is 16.7. The van der Waals surface area contributed by atoms with E-state index in [1.165, 1.54) is 11.1 Å². The van der Waals surface area contributed by atoms with E-state index in [1.807, 2.05) is 24.3 Å². The highest BCUT2D eigenvalue weighted by atomic mass is 15.2. The average molecular weight is 644 g/mol. The van der Waals surface area contributed by atoms with Crippen molar-refractivity contribution in [2.24, 2.45) is 0 Å². The van der Waals surface area contributed by atoms with Gasteiger partial charge in [-0.05, 0) is 90.0 Å². The Morgan fingerprint density at radius 3 is 1.38 bits per heavy atom. The number of rotatable bonds is 5. The van der Waals surface area contributed by atoms with Crippen molar-refractivity contribution in [2.45, 2.75) is 6.42 Å². The number of aromatic nitrogens is 6. The number of hydrogen-bond donors (Lipinski definition) is 0. The number of pyridine rings is 2. The number of hydrogen-bond acceptors (Lipinski definition) is 5. The molecular formula is C43H29N7. The van der Waals surface area contributed by atoms with E-state index < -0.39 is 0 Å². The third-order valence-electron chi connectivity index (χ3n) is 9.43. The minimum atomic E-state index is 0.688. The Morgan fingerprint density at radius 2 is 0.880 bits per heavy atom. The van der Waals surface area contributed by atoms with Crippen molar-refractivity contribution in [3.05, 3.63) is 175 Å². The molecule has 0 unspecified atom stereocenters. The van der Waals surface area contributed by atoms with Crippen molar-refractivity contribution < 1.29 is 0 Å². The van der Waals surface area contributed by atoms with Crippen LogP contribution in [0.4, 0.5) is 17.1 Å². The molecule has 0 N–H and O–H groups in total. The molecule has 7 nitrogen and oxygen atoms in total. The summed E-state index contributed by atoms with van der Waals surface area (Å²) < 4.78 is 4.40. The molecule has 1 aliphatic heterocycles. The van der Waals surface area contributed by atoms with Gasteiger partial charge in [0, 0.05) is 58.4 Å². The van der Waals surface area contributed by atoms with Gasteiger partial charge in [-0.1, -0.05) is 72.8 Å². The Bertz CT molecular complexity index is 2510. The lowest BCUT2D eigenvalue weighted by Crippen LogP contribution is -2.18. The molecule has 4 aromatic heterocycles. The molecule has 5 heterocycles. The maximum Gasteiger partial charge on any atom is 0.178 e. The second-order valence-corrected chi connectivity index (χ2v) is 12.4. The van der Waals surface area contributed by atoms with Crippen LogP contribution in [0.1, 0.15) is 11.1 Å². The van der Waals surface area contributed by atoms with Gasteiger partial charge in [0.15, 0.2) is 11.3 Å². The summed E-state index contributed by atoms with van der Waals surface area (Å²) >= 11 is 0. The zero-order chi connectivity index (χ0) is 33.0. The van der Waals surface area contributed by atoms with Crippen LogP contribution < -0.4 is 4.90 Å². The van der Waals surface area contributed by atoms with Gasteiger partial charge in [0.2, 0.25) is 0 Å².